The van der Waals surface area contributed by atoms with Gasteiger partial charge in [0.1, 0.15) is 23.2 Å². The molecule has 0 bridgehead atoms. The van der Waals surface area contributed by atoms with Gasteiger partial charge in [0.2, 0.25) is 0 Å². The Labute approximate surface area is 176 Å². The summed E-state index contributed by atoms with van der Waals surface area (Å²) in [6, 6.07) is 9.72. The van der Waals surface area contributed by atoms with Crippen molar-refractivity contribution >= 4 is 33.6 Å². The molecule has 1 N–H and O–H groups in total. The van der Waals surface area contributed by atoms with Gasteiger partial charge in [0.15, 0.2) is 0 Å². The number of furan rings is 1. The van der Waals surface area contributed by atoms with Gasteiger partial charge in [0.25, 0.3) is 11.6 Å². The zero-order chi connectivity index (χ0) is 21.0. The third-order valence-electron chi connectivity index (χ3n) is 5.14. The lowest BCUT2D eigenvalue weighted by Gasteiger charge is -2.29. The van der Waals surface area contributed by atoms with E-state index in [1.807, 2.05) is 6.07 Å². The number of nitro benzene ring substituents is 1. The molecule has 1 fully saturated rings. The summed E-state index contributed by atoms with van der Waals surface area (Å²) >= 11 is 3.31. The number of carbonyl (C=O) groups excluding carboxylic acids is 1. The number of halogens is 1. The molecular formula is C21H20BrN3O4. The van der Waals surface area contributed by atoms with Gasteiger partial charge in [-0.3, -0.25) is 14.9 Å². The van der Waals surface area contributed by atoms with Crippen molar-refractivity contribution in [1.82, 2.24) is 5.32 Å². The maximum Gasteiger partial charge on any atom is 0.270 e. The number of benzene rings is 1. The number of hydrogen-bond acceptors (Lipinski definition) is 5. The largest absolute Gasteiger partial charge is 0.457 e. The number of amides is 1. The molecule has 2 aromatic rings. The topological polar surface area (TPSA) is 109 Å². The van der Waals surface area contributed by atoms with Crippen LogP contribution in [0.15, 0.2) is 44.8 Å². The van der Waals surface area contributed by atoms with Crippen LogP contribution in [-0.2, 0) is 4.79 Å². The maximum atomic E-state index is 12.5. The third kappa shape index (κ3) is 4.93. The van der Waals surface area contributed by atoms with Gasteiger partial charge in [0.05, 0.1) is 4.92 Å². The summed E-state index contributed by atoms with van der Waals surface area (Å²) in [5.74, 6) is 0.813. The summed E-state index contributed by atoms with van der Waals surface area (Å²) < 4.78 is 6.25. The van der Waals surface area contributed by atoms with E-state index in [-0.39, 0.29) is 17.3 Å². The van der Waals surface area contributed by atoms with Crippen molar-refractivity contribution in [3.63, 3.8) is 0 Å². The fourth-order valence-corrected chi connectivity index (χ4v) is 4.02. The first-order valence-electron chi connectivity index (χ1n) is 9.36. The lowest BCUT2D eigenvalue weighted by molar-refractivity contribution is -0.384. The zero-order valence-corrected chi connectivity index (χ0v) is 17.4. The standard InChI is InChI=1S/C21H20BrN3O4/c1-13-4-2-3-5-19(13)24-21(26)14(12-23)10-16-7-9-20(29-16)17-8-6-15(25(27)28)11-18(17)22/h6-11,13,19H,2-5H2,1H3,(H,24,26)/b14-10+/t13-,19-/m1/s1. The molecule has 8 heteroatoms. The highest BCUT2D eigenvalue weighted by Gasteiger charge is 2.24. The van der Waals surface area contributed by atoms with E-state index in [2.05, 4.69) is 28.2 Å². The lowest BCUT2D eigenvalue weighted by atomic mass is 9.86. The Balaban J connectivity index is 1.78. The minimum atomic E-state index is -0.476. The molecule has 0 spiro atoms. The minimum absolute atomic E-state index is 0.0218. The molecule has 1 aliphatic rings. The highest BCUT2D eigenvalue weighted by molar-refractivity contribution is 9.10. The summed E-state index contributed by atoms with van der Waals surface area (Å²) in [6.07, 6.45) is 5.65. The Morgan fingerprint density at radius 1 is 1.34 bits per heavy atom. The van der Waals surface area contributed by atoms with Crippen LogP contribution in [0, 0.1) is 27.4 Å². The second-order valence-electron chi connectivity index (χ2n) is 7.13. The van der Waals surface area contributed by atoms with Crippen molar-refractivity contribution < 1.29 is 14.1 Å². The van der Waals surface area contributed by atoms with Crippen molar-refractivity contribution in [2.45, 2.75) is 38.6 Å². The summed E-state index contributed by atoms with van der Waals surface area (Å²) in [5.41, 5.74) is 0.577. The molecule has 150 valence electrons. The summed E-state index contributed by atoms with van der Waals surface area (Å²) in [5, 5.41) is 23.2. The second-order valence-corrected chi connectivity index (χ2v) is 7.99. The number of nitrogens with one attached hydrogen (secondary N) is 1. The van der Waals surface area contributed by atoms with Crippen LogP contribution in [0.1, 0.15) is 38.4 Å². The van der Waals surface area contributed by atoms with Gasteiger partial charge in [-0.1, -0.05) is 19.8 Å². The van der Waals surface area contributed by atoms with E-state index in [9.17, 15) is 20.2 Å². The summed E-state index contributed by atoms with van der Waals surface area (Å²) in [4.78, 5) is 22.9. The number of nitrogens with zero attached hydrogens (tertiary/aromatic N) is 2. The Morgan fingerprint density at radius 3 is 2.76 bits per heavy atom. The molecule has 29 heavy (non-hydrogen) atoms. The predicted molar refractivity (Wildman–Crippen MR) is 112 cm³/mol. The van der Waals surface area contributed by atoms with E-state index in [0.717, 1.165) is 19.3 Å². The van der Waals surface area contributed by atoms with E-state index in [1.165, 1.54) is 24.6 Å². The van der Waals surface area contributed by atoms with Gasteiger partial charge < -0.3 is 9.73 Å². The van der Waals surface area contributed by atoms with Crippen LogP contribution in [0.3, 0.4) is 0 Å². The smallest absolute Gasteiger partial charge is 0.270 e. The van der Waals surface area contributed by atoms with Crippen LogP contribution in [0.5, 0.6) is 0 Å². The minimum Gasteiger partial charge on any atom is -0.457 e. The van der Waals surface area contributed by atoms with E-state index in [0.29, 0.717) is 27.5 Å². The van der Waals surface area contributed by atoms with Crippen LogP contribution in [0.25, 0.3) is 17.4 Å². The predicted octanol–water partition coefficient (Wildman–Crippen LogP) is 5.22. The van der Waals surface area contributed by atoms with Gasteiger partial charge in [-0.25, -0.2) is 0 Å². The highest BCUT2D eigenvalue weighted by Crippen LogP contribution is 2.33. The first kappa shape index (κ1) is 20.8. The first-order valence-corrected chi connectivity index (χ1v) is 10.1. The average molecular weight is 458 g/mol. The Morgan fingerprint density at radius 2 is 2.10 bits per heavy atom. The van der Waals surface area contributed by atoms with Gasteiger partial charge in [-0.15, -0.1) is 0 Å². The van der Waals surface area contributed by atoms with Crippen LogP contribution >= 0.6 is 15.9 Å². The molecule has 0 unspecified atom stereocenters. The zero-order valence-electron chi connectivity index (χ0n) is 15.9. The summed E-state index contributed by atoms with van der Waals surface area (Å²) in [6.45, 7) is 2.11. The van der Waals surface area contributed by atoms with Crippen molar-refractivity contribution in [1.29, 1.82) is 5.26 Å². The van der Waals surface area contributed by atoms with Crippen molar-refractivity contribution in [3.8, 4) is 17.4 Å². The monoisotopic (exact) mass is 457 g/mol. The Hall–Kier alpha value is -2.92. The van der Waals surface area contributed by atoms with E-state index in [1.54, 1.807) is 18.2 Å². The van der Waals surface area contributed by atoms with Crippen molar-refractivity contribution in [3.05, 3.63) is 56.3 Å². The third-order valence-corrected chi connectivity index (χ3v) is 5.79. The number of non-ortho nitro benzene ring substituents is 1. The molecule has 2 atom stereocenters. The van der Waals surface area contributed by atoms with Crippen molar-refractivity contribution in [2.24, 2.45) is 5.92 Å². The average Bonchev–Trinajstić information content (AvgIpc) is 3.16. The molecule has 3 rings (SSSR count). The molecule has 1 aliphatic carbocycles. The molecule has 1 aromatic carbocycles. The molecule has 1 heterocycles. The van der Waals surface area contributed by atoms with Crippen molar-refractivity contribution in [2.75, 3.05) is 0 Å². The van der Waals surface area contributed by atoms with E-state index in [4.69, 9.17) is 4.42 Å². The highest BCUT2D eigenvalue weighted by atomic mass is 79.9. The van der Waals surface area contributed by atoms with Crippen LogP contribution in [-0.4, -0.2) is 16.9 Å². The lowest BCUT2D eigenvalue weighted by Crippen LogP contribution is -2.41. The molecule has 0 radical (unpaired) electrons. The Bertz CT molecular complexity index is 1010. The maximum absolute atomic E-state index is 12.5. The molecule has 0 saturated heterocycles. The number of nitriles is 1. The number of nitro groups is 1. The van der Waals surface area contributed by atoms with Crippen LogP contribution < -0.4 is 5.32 Å². The first-order chi connectivity index (χ1) is 13.9. The van der Waals surface area contributed by atoms with Gasteiger partial charge in [-0.2, -0.15) is 5.26 Å². The fraction of sp³-hybridized carbons (Fsp3) is 0.333. The van der Waals surface area contributed by atoms with E-state index >= 15 is 0 Å². The van der Waals surface area contributed by atoms with Crippen LogP contribution in [0.2, 0.25) is 0 Å². The molecule has 7 nitrogen and oxygen atoms in total. The quantitative estimate of drug-likeness (QED) is 0.286. The molecule has 0 aliphatic heterocycles. The van der Waals surface area contributed by atoms with E-state index < -0.39 is 10.8 Å². The Kier molecular flexibility index (Phi) is 6.49. The number of carbonyl (C=O) groups is 1. The van der Waals surface area contributed by atoms with Gasteiger partial charge in [0, 0.05) is 34.3 Å². The number of hydrogen-bond donors (Lipinski definition) is 1. The van der Waals surface area contributed by atoms with Gasteiger partial charge >= 0.3 is 0 Å². The SMILES string of the molecule is C[C@@H]1CCCC[C@H]1NC(=O)/C(C#N)=C/c1ccc(-c2ccc([N+](=O)[O-])cc2Br)o1. The fourth-order valence-electron chi connectivity index (χ4n) is 3.46. The molecule has 1 amide bonds. The number of rotatable bonds is 5. The molecular weight excluding hydrogens is 438 g/mol. The second kappa shape index (κ2) is 9.05. The van der Waals surface area contributed by atoms with Gasteiger partial charge in [-0.05, 0) is 52.9 Å². The normalized spacial score (nSPS) is 19.4. The molecule has 1 saturated carbocycles. The molecule has 1 aromatic heterocycles. The summed E-state index contributed by atoms with van der Waals surface area (Å²) in [7, 11) is 0. The van der Waals surface area contributed by atoms with Crippen LogP contribution in [0.4, 0.5) is 5.69 Å².